The molecule has 31 heavy (non-hydrogen) atoms. The molecule has 3 aromatic rings. The summed E-state index contributed by atoms with van der Waals surface area (Å²) in [6.07, 6.45) is 2.28. The average molecular weight is 458 g/mol. The summed E-state index contributed by atoms with van der Waals surface area (Å²) in [4.78, 5) is 16.9. The lowest BCUT2D eigenvalue weighted by Crippen LogP contribution is -2.27. The Bertz CT molecular complexity index is 1100. The van der Waals surface area contributed by atoms with Gasteiger partial charge in [-0.1, -0.05) is 22.8 Å². The Hall–Kier alpha value is -2.84. The van der Waals surface area contributed by atoms with Gasteiger partial charge in [-0.25, -0.2) is 0 Å². The molecule has 0 spiro atoms. The van der Waals surface area contributed by atoms with Crippen molar-refractivity contribution in [2.24, 2.45) is 0 Å². The van der Waals surface area contributed by atoms with Gasteiger partial charge in [0.2, 0.25) is 0 Å². The van der Waals surface area contributed by atoms with Crippen LogP contribution in [0.5, 0.6) is 0 Å². The second kappa shape index (κ2) is 9.11. The van der Waals surface area contributed by atoms with Crippen molar-refractivity contribution in [1.29, 1.82) is 5.41 Å². The van der Waals surface area contributed by atoms with Gasteiger partial charge in [0, 0.05) is 50.1 Å². The zero-order chi connectivity index (χ0) is 22.0. The van der Waals surface area contributed by atoms with Gasteiger partial charge in [-0.2, -0.15) is 0 Å². The minimum Gasteiger partial charge on any atom is -0.377 e. The molecule has 0 aliphatic carbocycles. The number of carbonyl (C=O) groups is 1. The van der Waals surface area contributed by atoms with Gasteiger partial charge in [0.25, 0.3) is 5.91 Å². The van der Waals surface area contributed by atoms with Gasteiger partial charge in [-0.05, 0) is 37.1 Å². The number of rotatable bonds is 6. The number of hydrogen-bond donors (Lipinski definition) is 2. The predicted molar refractivity (Wildman–Crippen MR) is 124 cm³/mol. The molecule has 0 unspecified atom stereocenters. The summed E-state index contributed by atoms with van der Waals surface area (Å²) in [5.74, 6) is 0.919. The van der Waals surface area contributed by atoms with E-state index < -0.39 is 0 Å². The standard InChI is InChI=1S/C22H24ClN5O2S/c1-27(2)18-11-14(21(24)28-9-3-4-10-28)5-6-16(18)17-12-15(30-26-17)13-25-22(29)19-7-8-20(23)31-19/h5-8,11-12,24H,3-4,9-10,13H2,1-2H3,(H,25,29). The molecule has 0 radical (unpaired) electrons. The average Bonchev–Trinajstić information content (AvgIpc) is 3.52. The SMILES string of the molecule is CN(C)c1cc(C(=N)N2CCCC2)ccc1-c1cc(CNC(=O)c2ccc(Cl)s2)on1. The Morgan fingerprint density at radius 1 is 1.26 bits per heavy atom. The Kier molecular flexibility index (Phi) is 6.29. The number of halogens is 1. The molecular formula is C22H24ClN5O2S. The first kappa shape index (κ1) is 21.4. The van der Waals surface area contributed by atoms with Crippen molar-refractivity contribution in [3.63, 3.8) is 0 Å². The molecule has 0 bridgehead atoms. The number of nitrogens with zero attached hydrogens (tertiary/aromatic N) is 3. The van der Waals surface area contributed by atoms with E-state index in [9.17, 15) is 4.79 Å². The molecule has 4 rings (SSSR count). The lowest BCUT2D eigenvalue weighted by molar-refractivity contribution is 0.0951. The summed E-state index contributed by atoms with van der Waals surface area (Å²) in [6.45, 7) is 2.11. The lowest BCUT2D eigenvalue weighted by Gasteiger charge is -2.22. The van der Waals surface area contributed by atoms with Gasteiger partial charge in [0.15, 0.2) is 5.76 Å². The van der Waals surface area contributed by atoms with E-state index in [0.717, 1.165) is 42.7 Å². The highest BCUT2D eigenvalue weighted by atomic mass is 35.5. The van der Waals surface area contributed by atoms with Crippen molar-refractivity contribution in [3.05, 3.63) is 56.9 Å². The number of amidine groups is 1. The van der Waals surface area contributed by atoms with E-state index in [2.05, 4.69) is 15.4 Å². The molecule has 0 saturated carbocycles. The third-order valence-corrected chi connectivity index (χ3v) is 6.46. The lowest BCUT2D eigenvalue weighted by atomic mass is 10.0. The van der Waals surface area contributed by atoms with Crippen LogP contribution in [0.3, 0.4) is 0 Å². The van der Waals surface area contributed by atoms with Gasteiger partial charge in [-0.3, -0.25) is 10.2 Å². The van der Waals surface area contributed by atoms with Gasteiger partial charge in [0.05, 0.1) is 15.8 Å². The van der Waals surface area contributed by atoms with Gasteiger partial charge < -0.3 is 19.6 Å². The van der Waals surface area contributed by atoms with Crippen LogP contribution in [0.1, 0.15) is 33.8 Å². The fourth-order valence-electron chi connectivity index (χ4n) is 3.60. The first-order valence-electron chi connectivity index (χ1n) is 10.1. The molecule has 1 saturated heterocycles. The maximum absolute atomic E-state index is 12.2. The normalized spacial score (nSPS) is 13.5. The van der Waals surface area contributed by atoms with Gasteiger partial charge in [0.1, 0.15) is 11.5 Å². The molecule has 1 fully saturated rings. The van der Waals surface area contributed by atoms with Crippen LogP contribution in [0.4, 0.5) is 5.69 Å². The number of anilines is 1. The monoisotopic (exact) mass is 457 g/mol. The van der Waals surface area contributed by atoms with Crippen molar-refractivity contribution in [2.75, 3.05) is 32.1 Å². The molecule has 1 aliphatic rings. The minimum atomic E-state index is -0.200. The summed E-state index contributed by atoms with van der Waals surface area (Å²) in [5, 5.41) is 15.6. The largest absolute Gasteiger partial charge is 0.377 e. The summed E-state index contributed by atoms with van der Waals surface area (Å²) in [6, 6.07) is 11.2. The fraction of sp³-hybridized carbons (Fsp3) is 0.318. The van der Waals surface area contributed by atoms with Crippen LogP contribution in [0, 0.1) is 5.41 Å². The fourth-order valence-corrected chi connectivity index (χ4v) is 4.56. The van der Waals surface area contributed by atoms with E-state index in [1.165, 1.54) is 11.3 Å². The summed E-state index contributed by atoms with van der Waals surface area (Å²) in [5.41, 5.74) is 3.44. The van der Waals surface area contributed by atoms with Crippen molar-refractivity contribution in [1.82, 2.24) is 15.4 Å². The maximum atomic E-state index is 12.2. The van der Waals surface area contributed by atoms with E-state index >= 15 is 0 Å². The molecule has 1 aliphatic heterocycles. The van der Waals surface area contributed by atoms with Crippen molar-refractivity contribution >= 4 is 40.4 Å². The van der Waals surface area contributed by atoms with Gasteiger partial charge >= 0.3 is 0 Å². The number of likely N-dealkylation sites (tertiary alicyclic amines) is 1. The Labute approximate surface area is 190 Å². The Morgan fingerprint density at radius 3 is 2.71 bits per heavy atom. The predicted octanol–water partition coefficient (Wildman–Crippen LogP) is 4.47. The molecule has 3 heterocycles. The van der Waals surface area contributed by atoms with E-state index in [4.69, 9.17) is 21.5 Å². The molecule has 0 atom stereocenters. The molecule has 9 heteroatoms. The topological polar surface area (TPSA) is 85.5 Å². The van der Waals surface area contributed by atoms with Gasteiger partial charge in [-0.15, -0.1) is 11.3 Å². The summed E-state index contributed by atoms with van der Waals surface area (Å²) in [7, 11) is 3.94. The van der Waals surface area contributed by atoms with Crippen LogP contribution in [0.25, 0.3) is 11.3 Å². The molecule has 162 valence electrons. The summed E-state index contributed by atoms with van der Waals surface area (Å²) >= 11 is 7.12. The number of carbonyl (C=O) groups excluding carboxylic acids is 1. The van der Waals surface area contributed by atoms with E-state index in [1.807, 2.05) is 43.3 Å². The number of benzene rings is 1. The van der Waals surface area contributed by atoms with E-state index in [-0.39, 0.29) is 12.5 Å². The smallest absolute Gasteiger partial charge is 0.261 e. The van der Waals surface area contributed by atoms with E-state index in [0.29, 0.717) is 26.5 Å². The third kappa shape index (κ3) is 4.75. The first-order valence-corrected chi connectivity index (χ1v) is 11.3. The number of amides is 1. The number of thiophene rings is 1. The van der Waals surface area contributed by atoms with Crippen LogP contribution in [0.15, 0.2) is 40.9 Å². The zero-order valence-electron chi connectivity index (χ0n) is 17.4. The van der Waals surface area contributed by atoms with Crippen LogP contribution in [-0.2, 0) is 6.54 Å². The Balaban J connectivity index is 1.50. The van der Waals surface area contributed by atoms with Crippen LogP contribution in [0.2, 0.25) is 4.34 Å². The zero-order valence-corrected chi connectivity index (χ0v) is 19.0. The van der Waals surface area contributed by atoms with Crippen LogP contribution in [-0.4, -0.2) is 49.0 Å². The molecular weight excluding hydrogens is 434 g/mol. The minimum absolute atomic E-state index is 0.200. The third-order valence-electron chi connectivity index (χ3n) is 5.23. The van der Waals surface area contributed by atoms with Crippen molar-refractivity contribution in [3.8, 4) is 11.3 Å². The Morgan fingerprint density at radius 2 is 2.03 bits per heavy atom. The van der Waals surface area contributed by atoms with Crippen LogP contribution >= 0.6 is 22.9 Å². The quantitative estimate of drug-likeness (QED) is 0.421. The highest BCUT2D eigenvalue weighted by Gasteiger charge is 2.19. The van der Waals surface area contributed by atoms with E-state index in [1.54, 1.807) is 12.1 Å². The molecule has 2 aromatic heterocycles. The second-order valence-electron chi connectivity index (χ2n) is 7.63. The first-order chi connectivity index (χ1) is 14.9. The van der Waals surface area contributed by atoms with Crippen molar-refractivity contribution < 1.29 is 9.32 Å². The number of nitrogens with one attached hydrogen (secondary N) is 2. The highest BCUT2D eigenvalue weighted by Crippen LogP contribution is 2.31. The maximum Gasteiger partial charge on any atom is 0.261 e. The summed E-state index contributed by atoms with van der Waals surface area (Å²) < 4.78 is 6.02. The molecule has 1 aromatic carbocycles. The highest BCUT2D eigenvalue weighted by molar-refractivity contribution is 7.17. The molecule has 2 N–H and O–H groups in total. The van der Waals surface area contributed by atoms with Crippen molar-refractivity contribution in [2.45, 2.75) is 19.4 Å². The number of hydrogen-bond acceptors (Lipinski definition) is 6. The molecule has 7 nitrogen and oxygen atoms in total. The number of aromatic nitrogens is 1. The van der Waals surface area contributed by atoms with Crippen LogP contribution < -0.4 is 10.2 Å². The second-order valence-corrected chi connectivity index (χ2v) is 9.35. The molecule has 1 amide bonds.